The fourth-order valence-corrected chi connectivity index (χ4v) is 3.36. The topological polar surface area (TPSA) is 108 Å². The first-order valence-corrected chi connectivity index (χ1v) is 7.60. The van der Waals surface area contributed by atoms with Gasteiger partial charge in [-0.25, -0.2) is 9.38 Å². The number of thioether (sulfide) groups is 1. The zero-order chi connectivity index (χ0) is 15.6. The van der Waals surface area contributed by atoms with Crippen molar-refractivity contribution < 1.29 is 24.1 Å². The molecule has 2 heterocycles. The van der Waals surface area contributed by atoms with Crippen LogP contribution in [0.4, 0.5) is 4.39 Å². The van der Waals surface area contributed by atoms with E-state index in [1.165, 1.54) is 11.8 Å². The number of hydrogen-bond donors (Lipinski definition) is 3. The molecule has 0 aromatic carbocycles. The third-order valence-corrected chi connectivity index (χ3v) is 4.54. The molecule has 0 saturated carbocycles. The minimum atomic E-state index is -2.06. The average molecular weight is 319 g/mol. The number of ether oxygens (including phenoxy) is 1. The monoisotopic (exact) mass is 319 g/mol. The Bertz CT molecular complexity index is 471. The van der Waals surface area contributed by atoms with Crippen molar-refractivity contribution in [3.8, 4) is 0 Å². The fourth-order valence-electron chi connectivity index (χ4n) is 2.17. The van der Waals surface area contributed by atoms with Crippen molar-refractivity contribution in [3.63, 3.8) is 0 Å². The van der Waals surface area contributed by atoms with Crippen LogP contribution in [0.25, 0.3) is 0 Å². The lowest BCUT2D eigenvalue weighted by atomic mass is 10.0. The Labute approximate surface area is 125 Å². The van der Waals surface area contributed by atoms with Crippen LogP contribution >= 0.6 is 11.8 Å². The summed E-state index contributed by atoms with van der Waals surface area (Å²) in [4.78, 5) is 15.6. The maximum atomic E-state index is 13.3. The lowest BCUT2D eigenvalue weighted by Crippen LogP contribution is -2.58. The average Bonchev–Trinajstić information content (AvgIpc) is 2.86. The maximum absolute atomic E-state index is 13.3. The number of aliphatic imine (C=N–C) groups is 1. The van der Waals surface area contributed by atoms with Gasteiger partial charge in [0, 0.05) is 12.0 Å². The van der Waals surface area contributed by atoms with Gasteiger partial charge in [0.1, 0.15) is 11.7 Å². The largest absolute Gasteiger partial charge is 0.481 e. The fraction of sp³-hybridized carbons (Fsp3) is 0.667. The maximum Gasteiger partial charge on any atom is 0.306 e. The number of allylic oxidation sites excluding steroid dienone is 1. The molecule has 21 heavy (non-hydrogen) atoms. The highest BCUT2D eigenvalue weighted by Gasteiger charge is 2.41. The molecule has 2 aliphatic heterocycles. The van der Waals surface area contributed by atoms with Crippen molar-refractivity contribution in [2.45, 2.75) is 37.4 Å². The number of nitrogens with zero attached hydrogens (tertiary/aromatic N) is 2. The van der Waals surface area contributed by atoms with E-state index in [4.69, 9.17) is 15.6 Å². The molecule has 1 fully saturated rings. The smallest absolute Gasteiger partial charge is 0.306 e. The van der Waals surface area contributed by atoms with Gasteiger partial charge in [-0.05, 0) is 12.8 Å². The normalized spacial score (nSPS) is 33.9. The van der Waals surface area contributed by atoms with Gasteiger partial charge in [-0.1, -0.05) is 6.92 Å². The molecule has 1 saturated heterocycles. The Kier molecular flexibility index (Phi) is 4.87. The first-order chi connectivity index (χ1) is 9.83. The van der Waals surface area contributed by atoms with Crippen LogP contribution in [-0.2, 0) is 9.53 Å². The molecule has 0 spiro atoms. The highest BCUT2D eigenvalue weighted by Crippen LogP contribution is 2.35. The van der Waals surface area contributed by atoms with E-state index in [-0.39, 0.29) is 5.44 Å². The Morgan fingerprint density at radius 1 is 1.81 bits per heavy atom. The van der Waals surface area contributed by atoms with Crippen LogP contribution in [-0.4, -0.2) is 50.7 Å². The van der Waals surface area contributed by atoms with Crippen LogP contribution in [0.1, 0.15) is 19.8 Å². The Morgan fingerprint density at radius 3 is 3.14 bits per heavy atom. The number of nitrogens with two attached hydrogens (primary N) is 1. The second kappa shape index (κ2) is 6.30. The molecule has 7 nitrogen and oxygen atoms in total. The number of carbonyl (C=O) groups is 1. The highest BCUT2D eigenvalue weighted by molar-refractivity contribution is 8.00. The molecule has 2 aliphatic rings. The van der Waals surface area contributed by atoms with E-state index in [2.05, 4.69) is 4.99 Å². The molecule has 0 amide bonds. The molecule has 118 valence electrons. The minimum absolute atomic E-state index is 0.339. The predicted octanol–water partition coefficient (Wildman–Crippen LogP) is 0.663. The van der Waals surface area contributed by atoms with Gasteiger partial charge in [-0.2, -0.15) is 0 Å². The number of aliphatic carboxylic acids is 1. The summed E-state index contributed by atoms with van der Waals surface area (Å²) < 4.78 is 18.9. The van der Waals surface area contributed by atoms with Gasteiger partial charge in [0.25, 0.3) is 5.97 Å². The van der Waals surface area contributed by atoms with Crippen LogP contribution in [0.5, 0.6) is 0 Å². The zero-order valence-corrected chi connectivity index (χ0v) is 12.3. The van der Waals surface area contributed by atoms with Gasteiger partial charge in [-0.3, -0.25) is 15.4 Å². The molecule has 4 unspecified atom stereocenters. The summed E-state index contributed by atoms with van der Waals surface area (Å²) in [7, 11) is 0. The van der Waals surface area contributed by atoms with Crippen molar-refractivity contribution in [1.82, 2.24) is 4.90 Å². The molecule has 0 aromatic rings. The number of halogens is 1. The van der Waals surface area contributed by atoms with Gasteiger partial charge in [0.2, 0.25) is 0 Å². The molecular weight excluding hydrogens is 301 g/mol. The second-order valence-electron chi connectivity index (χ2n) is 4.90. The lowest BCUT2D eigenvalue weighted by molar-refractivity contribution is -0.159. The first kappa shape index (κ1) is 16.2. The number of hydrogen-bond acceptors (Lipinski definition) is 7. The Hall–Kier alpha value is -1.16. The van der Waals surface area contributed by atoms with Gasteiger partial charge < -0.3 is 14.9 Å². The molecule has 2 rings (SSSR count). The molecule has 0 radical (unpaired) electrons. The standard InChI is InChI=1S/C12H18FN3O4S/c1-2-7(11(17)18)3-10-20-9(6-21-10)16-5-8(13)4-15-12(16,14)19/h4-5,7,9-10,19H,2-3,6,14H2,1H3,(H,17,18). The third-order valence-electron chi connectivity index (χ3n) is 3.38. The SMILES string of the molecule is CCC(CC1OC(N2C=C(F)C=NC2(N)O)CS1)C(=O)O. The number of aliphatic hydroxyl groups is 1. The third kappa shape index (κ3) is 3.73. The van der Waals surface area contributed by atoms with E-state index in [9.17, 15) is 14.3 Å². The minimum Gasteiger partial charge on any atom is -0.481 e. The highest BCUT2D eigenvalue weighted by atomic mass is 32.2. The molecule has 9 heteroatoms. The summed E-state index contributed by atoms with van der Waals surface area (Å²) in [6, 6.07) is 0. The molecule has 4 N–H and O–H groups in total. The van der Waals surface area contributed by atoms with Crippen molar-refractivity contribution in [2.75, 3.05) is 5.75 Å². The van der Waals surface area contributed by atoms with Crippen molar-refractivity contribution in [3.05, 3.63) is 12.0 Å². The summed E-state index contributed by atoms with van der Waals surface area (Å²) >= 11 is 1.41. The number of carboxylic acid groups (broad SMARTS) is 1. The molecule has 0 aromatic heterocycles. The van der Waals surface area contributed by atoms with E-state index in [1.54, 1.807) is 6.92 Å². The van der Waals surface area contributed by atoms with Crippen LogP contribution < -0.4 is 5.73 Å². The van der Waals surface area contributed by atoms with E-state index < -0.39 is 29.9 Å². The first-order valence-electron chi connectivity index (χ1n) is 6.55. The zero-order valence-electron chi connectivity index (χ0n) is 11.5. The molecule has 0 aliphatic carbocycles. The summed E-state index contributed by atoms with van der Waals surface area (Å²) in [5.41, 5.74) is 5.24. The van der Waals surface area contributed by atoms with E-state index >= 15 is 0 Å². The van der Waals surface area contributed by atoms with Crippen LogP contribution in [0.15, 0.2) is 17.0 Å². The molecular formula is C12H18FN3O4S. The van der Waals surface area contributed by atoms with E-state index in [0.29, 0.717) is 18.6 Å². The summed E-state index contributed by atoms with van der Waals surface area (Å²) in [6.07, 6.45) is 2.07. The number of rotatable bonds is 5. The van der Waals surface area contributed by atoms with Crippen LogP contribution in [0, 0.1) is 5.92 Å². The van der Waals surface area contributed by atoms with E-state index in [1.807, 2.05) is 0 Å². The van der Waals surface area contributed by atoms with E-state index in [0.717, 1.165) is 17.3 Å². The van der Waals surface area contributed by atoms with Gasteiger partial charge >= 0.3 is 5.97 Å². The molecule has 4 atom stereocenters. The summed E-state index contributed by atoms with van der Waals surface area (Å²) in [6.45, 7) is 1.80. The molecule has 0 bridgehead atoms. The summed E-state index contributed by atoms with van der Waals surface area (Å²) in [5, 5.41) is 19.0. The second-order valence-corrected chi connectivity index (χ2v) is 6.09. The summed E-state index contributed by atoms with van der Waals surface area (Å²) in [5.74, 6) is -3.63. The number of carboxylic acids is 1. The van der Waals surface area contributed by atoms with Gasteiger partial charge in [0.15, 0.2) is 5.83 Å². The van der Waals surface area contributed by atoms with Gasteiger partial charge in [0.05, 0.1) is 12.1 Å². The van der Waals surface area contributed by atoms with Crippen LogP contribution in [0.2, 0.25) is 0 Å². The quantitative estimate of drug-likeness (QED) is 0.639. The Morgan fingerprint density at radius 2 is 2.52 bits per heavy atom. The van der Waals surface area contributed by atoms with Crippen LogP contribution in [0.3, 0.4) is 0 Å². The Balaban J connectivity index is 1.99. The van der Waals surface area contributed by atoms with Gasteiger partial charge in [-0.15, -0.1) is 11.8 Å². The van der Waals surface area contributed by atoms with Crippen molar-refractivity contribution >= 4 is 23.9 Å². The van der Waals surface area contributed by atoms with Crippen molar-refractivity contribution in [2.24, 2.45) is 16.6 Å². The predicted molar refractivity (Wildman–Crippen MR) is 75.8 cm³/mol. The lowest BCUT2D eigenvalue weighted by Gasteiger charge is -2.37. The van der Waals surface area contributed by atoms with Crippen molar-refractivity contribution in [1.29, 1.82) is 0 Å².